The summed E-state index contributed by atoms with van der Waals surface area (Å²) in [5.41, 5.74) is -0.216. The van der Waals surface area contributed by atoms with Crippen LogP contribution in [0, 0.1) is 17.3 Å². The Bertz CT molecular complexity index is 899. The third-order valence-electron chi connectivity index (χ3n) is 7.42. The van der Waals surface area contributed by atoms with E-state index in [1.54, 1.807) is 23.1 Å². The van der Waals surface area contributed by atoms with Crippen LogP contribution >= 0.6 is 0 Å². The highest BCUT2D eigenvalue weighted by Gasteiger charge is 2.61. The first-order chi connectivity index (χ1) is 14.3. The summed E-state index contributed by atoms with van der Waals surface area (Å²) in [6.07, 6.45) is 4.76. The van der Waals surface area contributed by atoms with Gasteiger partial charge in [-0.1, -0.05) is 12.1 Å². The topological polar surface area (TPSA) is 95.9 Å². The van der Waals surface area contributed by atoms with E-state index in [0.717, 1.165) is 32.1 Å². The number of rotatable bonds is 3. The minimum Gasteiger partial charge on any atom is -0.455 e. The molecule has 2 amide bonds. The fourth-order valence-electron chi connectivity index (χ4n) is 6.77. The van der Waals surface area contributed by atoms with E-state index in [2.05, 4.69) is 5.32 Å². The van der Waals surface area contributed by atoms with Crippen molar-refractivity contribution >= 4 is 29.2 Å². The Labute approximate surface area is 175 Å². The van der Waals surface area contributed by atoms with Gasteiger partial charge in [0.25, 0.3) is 5.91 Å². The molecule has 4 bridgehead atoms. The number of carbonyl (C=O) groups excluding carboxylic acids is 3. The van der Waals surface area contributed by atoms with Crippen molar-refractivity contribution in [1.29, 1.82) is 0 Å². The molecule has 4 aliphatic carbocycles. The molecule has 5 atom stereocenters. The Kier molecular flexibility index (Phi) is 4.43. The van der Waals surface area contributed by atoms with Crippen LogP contribution < -0.4 is 10.2 Å². The van der Waals surface area contributed by atoms with E-state index in [1.165, 1.54) is 0 Å². The van der Waals surface area contributed by atoms with Crippen molar-refractivity contribution in [2.45, 2.75) is 63.5 Å². The van der Waals surface area contributed by atoms with Crippen molar-refractivity contribution in [2.24, 2.45) is 17.3 Å². The predicted molar refractivity (Wildman–Crippen MR) is 110 cm³/mol. The predicted octanol–water partition coefficient (Wildman–Crippen LogP) is 2.62. The first-order valence-electron chi connectivity index (χ1n) is 10.9. The van der Waals surface area contributed by atoms with E-state index in [-0.39, 0.29) is 36.9 Å². The SMILES string of the molecule is C[C@H]1CC(=O)Nc2ccccc2N1C(=O)COC(=O)C12C[C@@H]3C[C@@H](CC(O)(C3)C1)C2. The molecule has 0 radical (unpaired) electrons. The number of fused-ring (bicyclic) bond motifs is 1. The summed E-state index contributed by atoms with van der Waals surface area (Å²) < 4.78 is 5.57. The second-order valence-corrected chi connectivity index (χ2v) is 9.92. The van der Waals surface area contributed by atoms with Gasteiger partial charge >= 0.3 is 5.97 Å². The van der Waals surface area contributed by atoms with Crippen molar-refractivity contribution in [3.05, 3.63) is 24.3 Å². The van der Waals surface area contributed by atoms with Crippen LogP contribution in [0.25, 0.3) is 0 Å². The average molecular weight is 412 g/mol. The lowest BCUT2D eigenvalue weighted by molar-refractivity contribution is -0.196. The number of nitrogens with one attached hydrogen (secondary N) is 1. The maximum Gasteiger partial charge on any atom is 0.312 e. The summed E-state index contributed by atoms with van der Waals surface area (Å²) >= 11 is 0. The molecule has 1 heterocycles. The van der Waals surface area contributed by atoms with E-state index in [9.17, 15) is 19.5 Å². The lowest BCUT2D eigenvalue weighted by Gasteiger charge is -2.58. The van der Waals surface area contributed by atoms with Crippen molar-refractivity contribution < 1.29 is 24.2 Å². The standard InChI is InChI=1S/C23H28N2O5/c1-14-6-19(26)24-17-4-2-3-5-18(17)25(14)20(27)12-30-21(28)22-8-15-7-16(9-22)11-23(29,10-15)13-22/h2-5,14-16,29H,6-13H2,1H3,(H,24,26)/t14-,15-,16+,22?,23?/m0/s1. The smallest absolute Gasteiger partial charge is 0.312 e. The number of hydrogen-bond donors (Lipinski definition) is 2. The van der Waals surface area contributed by atoms with Gasteiger partial charge in [0.05, 0.1) is 22.4 Å². The molecule has 0 aromatic heterocycles. The molecule has 0 saturated heterocycles. The van der Waals surface area contributed by atoms with Crippen LogP contribution in [0.4, 0.5) is 11.4 Å². The Balaban J connectivity index is 1.32. The van der Waals surface area contributed by atoms with Gasteiger partial charge in [-0.3, -0.25) is 14.4 Å². The molecule has 4 saturated carbocycles. The Morgan fingerprint density at radius 2 is 1.90 bits per heavy atom. The monoisotopic (exact) mass is 412 g/mol. The maximum absolute atomic E-state index is 13.1. The molecular formula is C23H28N2O5. The van der Waals surface area contributed by atoms with Gasteiger partial charge in [0.1, 0.15) is 0 Å². The van der Waals surface area contributed by atoms with Gasteiger partial charge in [0.2, 0.25) is 5.91 Å². The molecule has 2 N–H and O–H groups in total. The number of benzene rings is 1. The largest absolute Gasteiger partial charge is 0.455 e. The maximum atomic E-state index is 13.1. The number of carbonyl (C=O) groups is 3. The van der Waals surface area contributed by atoms with Gasteiger partial charge in [0.15, 0.2) is 6.61 Å². The Morgan fingerprint density at radius 3 is 2.60 bits per heavy atom. The van der Waals surface area contributed by atoms with Crippen LogP contribution in [0.1, 0.15) is 51.9 Å². The second-order valence-electron chi connectivity index (χ2n) is 9.92. The van der Waals surface area contributed by atoms with Gasteiger partial charge in [-0.25, -0.2) is 0 Å². The van der Waals surface area contributed by atoms with Crippen LogP contribution in [0.2, 0.25) is 0 Å². The molecule has 30 heavy (non-hydrogen) atoms. The zero-order valence-electron chi connectivity index (χ0n) is 17.2. The van der Waals surface area contributed by atoms with E-state index in [0.29, 0.717) is 29.6 Å². The molecule has 0 spiro atoms. The number of anilines is 2. The van der Waals surface area contributed by atoms with Crippen molar-refractivity contribution in [1.82, 2.24) is 0 Å². The molecule has 4 fully saturated rings. The zero-order chi connectivity index (χ0) is 21.1. The van der Waals surface area contributed by atoms with Gasteiger partial charge in [-0.15, -0.1) is 0 Å². The number of hydrogen-bond acceptors (Lipinski definition) is 5. The lowest BCUT2D eigenvalue weighted by Crippen LogP contribution is -2.58. The number of ether oxygens (including phenoxy) is 1. The number of para-hydroxylation sites is 2. The van der Waals surface area contributed by atoms with Crippen LogP contribution in [-0.2, 0) is 19.1 Å². The molecule has 160 valence electrons. The fourth-order valence-corrected chi connectivity index (χ4v) is 6.77. The normalized spacial score (nSPS) is 36.7. The number of amides is 2. The highest BCUT2D eigenvalue weighted by Crippen LogP contribution is 2.62. The van der Waals surface area contributed by atoms with Crippen molar-refractivity contribution in [3.63, 3.8) is 0 Å². The summed E-state index contributed by atoms with van der Waals surface area (Å²) in [5.74, 6) is -0.108. The van der Waals surface area contributed by atoms with Crippen LogP contribution in [0.5, 0.6) is 0 Å². The molecule has 6 rings (SSSR count). The van der Waals surface area contributed by atoms with Crippen molar-refractivity contribution in [3.8, 4) is 0 Å². The summed E-state index contributed by atoms with van der Waals surface area (Å²) in [4.78, 5) is 39.9. The number of aliphatic hydroxyl groups is 1. The van der Waals surface area contributed by atoms with Crippen LogP contribution in [-0.4, -0.2) is 41.1 Å². The first kappa shape index (κ1) is 19.5. The lowest BCUT2D eigenvalue weighted by atomic mass is 9.48. The molecule has 1 aromatic rings. The summed E-state index contributed by atoms with van der Waals surface area (Å²) in [7, 11) is 0. The molecular weight excluding hydrogens is 384 g/mol. The third-order valence-corrected chi connectivity index (χ3v) is 7.42. The minimum atomic E-state index is -0.753. The molecule has 1 aliphatic heterocycles. The van der Waals surface area contributed by atoms with Gasteiger partial charge in [-0.2, -0.15) is 0 Å². The van der Waals surface area contributed by atoms with Gasteiger partial charge in [-0.05, 0) is 69.4 Å². The van der Waals surface area contributed by atoms with Crippen LogP contribution in [0.15, 0.2) is 24.3 Å². The number of esters is 1. The Morgan fingerprint density at radius 1 is 1.20 bits per heavy atom. The molecule has 7 heteroatoms. The van der Waals surface area contributed by atoms with E-state index in [1.807, 2.05) is 13.0 Å². The fraction of sp³-hybridized carbons (Fsp3) is 0.609. The number of nitrogens with zero attached hydrogens (tertiary/aromatic N) is 1. The first-order valence-corrected chi connectivity index (χ1v) is 10.9. The van der Waals surface area contributed by atoms with Gasteiger partial charge in [0, 0.05) is 12.5 Å². The molecule has 5 aliphatic rings. The molecule has 7 nitrogen and oxygen atoms in total. The van der Waals surface area contributed by atoms with Crippen molar-refractivity contribution in [2.75, 3.05) is 16.8 Å². The summed E-state index contributed by atoms with van der Waals surface area (Å²) in [5, 5.41) is 13.7. The minimum absolute atomic E-state index is 0.149. The summed E-state index contributed by atoms with van der Waals surface area (Å²) in [6, 6.07) is 6.81. The third kappa shape index (κ3) is 3.20. The molecule has 1 aromatic carbocycles. The van der Waals surface area contributed by atoms with E-state index < -0.39 is 11.0 Å². The highest BCUT2D eigenvalue weighted by molar-refractivity contribution is 6.05. The summed E-state index contributed by atoms with van der Waals surface area (Å²) in [6.45, 7) is 1.46. The quantitative estimate of drug-likeness (QED) is 0.744. The van der Waals surface area contributed by atoms with Crippen LogP contribution in [0.3, 0.4) is 0 Å². The van der Waals surface area contributed by atoms with E-state index >= 15 is 0 Å². The molecule has 2 unspecified atom stereocenters. The average Bonchev–Trinajstić information content (AvgIpc) is 2.78. The van der Waals surface area contributed by atoms with Gasteiger partial charge < -0.3 is 20.1 Å². The van der Waals surface area contributed by atoms with E-state index in [4.69, 9.17) is 4.74 Å². The zero-order valence-corrected chi connectivity index (χ0v) is 17.2. The Hall–Kier alpha value is -2.41. The highest BCUT2D eigenvalue weighted by atomic mass is 16.5. The second kappa shape index (κ2) is 6.80.